The number of nitrogens with zero attached hydrogens (tertiary/aromatic N) is 3. The van der Waals surface area contributed by atoms with E-state index in [-0.39, 0.29) is 0 Å². The second kappa shape index (κ2) is 6.07. The zero-order valence-electron chi connectivity index (χ0n) is 14.6. The van der Waals surface area contributed by atoms with Crippen LogP contribution in [0.15, 0.2) is 30.5 Å². The van der Waals surface area contributed by atoms with E-state index in [1.54, 1.807) is 0 Å². The molecule has 5 rings (SSSR count). The first-order valence-electron chi connectivity index (χ1n) is 9.48. The molecule has 5 heteroatoms. The third-order valence-corrected chi connectivity index (χ3v) is 5.90. The average molecular weight is 335 g/mol. The Morgan fingerprint density at radius 1 is 1.08 bits per heavy atom. The van der Waals surface area contributed by atoms with Crippen LogP contribution in [0, 0.1) is 5.41 Å². The molecule has 2 aliphatic heterocycles. The lowest BCUT2D eigenvalue weighted by atomic mass is 9.75. The first-order valence-corrected chi connectivity index (χ1v) is 9.48. The van der Waals surface area contributed by atoms with Crippen LogP contribution in [0.25, 0.3) is 11.3 Å². The van der Waals surface area contributed by atoms with Gasteiger partial charge in [0.25, 0.3) is 0 Å². The number of hydrogen-bond acceptors (Lipinski definition) is 5. The predicted molar refractivity (Wildman–Crippen MR) is 99.2 cm³/mol. The summed E-state index contributed by atoms with van der Waals surface area (Å²) in [5.74, 6) is 0.731. The fraction of sp³-hybridized carbons (Fsp3) is 0.500. The van der Waals surface area contributed by atoms with Crippen LogP contribution in [0.3, 0.4) is 0 Å². The van der Waals surface area contributed by atoms with E-state index in [0.717, 1.165) is 44.1 Å². The minimum atomic E-state index is 0.462. The minimum Gasteiger partial charge on any atom is -0.316 e. The summed E-state index contributed by atoms with van der Waals surface area (Å²) in [6.07, 6.45) is 7.99. The van der Waals surface area contributed by atoms with Crippen LogP contribution < -0.4 is 10.7 Å². The number of aromatic nitrogens is 2. The van der Waals surface area contributed by atoms with Gasteiger partial charge in [-0.1, -0.05) is 24.3 Å². The largest absolute Gasteiger partial charge is 0.316 e. The first kappa shape index (κ1) is 15.3. The van der Waals surface area contributed by atoms with Crippen LogP contribution in [0.4, 0.5) is 5.95 Å². The molecule has 2 N–H and O–H groups in total. The van der Waals surface area contributed by atoms with Gasteiger partial charge in [-0.05, 0) is 49.8 Å². The Kier molecular flexibility index (Phi) is 3.71. The summed E-state index contributed by atoms with van der Waals surface area (Å²) < 4.78 is 0. The van der Waals surface area contributed by atoms with E-state index in [1.807, 2.05) is 6.20 Å². The fourth-order valence-corrected chi connectivity index (χ4v) is 4.60. The molecule has 0 bridgehead atoms. The minimum absolute atomic E-state index is 0.462. The Balaban J connectivity index is 1.36. The van der Waals surface area contributed by atoms with Crippen LogP contribution in [-0.4, -0.2) is 41.2 Å². The van der Waals surface area contributed by atoms with Crippen LogP contribution in [0.2, 0.25) is 0 Å². The molecule has 0 saturated carbocycles. The number of hydrogen-bond donors (Lipinski definition) is 2. The summed E-state index contributed by atoms with van der Waals surface area (Å²) in [4.78, 5) is 9.47. The predicted octanol–water partition coefficient (Wildman–Crippen LogP) is 2.64. The van der Waals surface area contributed by atoms with Crippen LogP contribution >= 0.6 is 0 Å². The second-order valence-electron chi connectivity index (χ2n) is 7.83. The van der Waals surface area contributed by atoms with Crippen molar-refractivity contribution in [1.29, 1.82) is 0 Å². The monoisotopic (exact) mass is 335 g/mol. The topological polar surface area (TPSA) is 53.1 Å². The van der Waals surface area contributed by atoms with Crippen molar-refractivity contribution in [3.63, 3.8) is 0 Å². The van der Waals surface area contributed by atoms with Gasteiger partial charge >= 0.3 is 0 Å². The fourth-order valence-electron chi connectivity index (χ4n) is 4.60. The number of rotatable bonds is 2. The average Bonchev–Trinajstić information content (AvgIpc) is 2.81. The quantitative estimate of drug-likeness (QED) is 0.884. The van der Waals surface area contributed by atoms with Gasteiger partial charge in [0.05, 0.1) is 5.69 Å². The van der Waals surface area contributed by atoms with Crippen LogP contribution in [0.5, 0.6) is 0 Å². The highest BCUT2D eigenvalue weighted by molar-refractivity contribution is 5.68. The van der Waals surface area contributed by atoms with Gasteiger partial charge in [-0.2, -0.15) is 0 Å². The van der Waals surface area contributed by atoms with E-state index in [9.17, 15) is 0 Å². The molecule has 1 spiro atoms. The smallest absolute Gasteiger partial charge is 0.238 e. The van der Waals surface area contributed by atoms with Crippen molar-refractivity contribution in [3.8, 4) is 11.3 Å². The van der Waals surface area contributed by atoms with Gasteiger partial charge in [0.1, 0.15) is 0 Å². The van der Waals surface area contributed by atoms with Crippen molar-refractivity contribution in [2.75, 3.05) is 31.6 Å². The second-order valence-corrected chi connectivity index (χ2v) is 7.83. The van der Waals surface area contributed by atoms with Gasteiger partial charge in [-0.15, -0.1) is 0 Å². The lowest BCUT2D eigenvalue weighted by molar-refractivity contribution is 0.000446. The highest BCUT2D eigenvalue weighted by Crippen LogP contribution is 2.36. The molecule has 0 unspecified atom stereocenters. The zero-order valence-corrected chi connectivity index (χ0v) is 14.6. The Labute approximate surface area is 148 Å². The summed E-state index contributed by atoms with van der Waals surface area (Å²) in [6.45, 7) is 4.47. The van der Waals surface area contributed by atoms with Gasteiger partial charge in [-0.25, -0.2) is 15.0 Å². The molecular weight excluding hydrogens is 310 g/mol. The van der Waals surface area contributed by atoms with E-state index >= 15 is 0 Å². The SMILES string of the molecule is c1ccc2c(c1)CCCc1cnc(NN3CC4(CCCNC4)C3)nc1-2. The molecule has 3 heterocycles. The highest BCUT2D eigenvalue weighted by Gasteiger charge is 2.43. The molecule has 25 heavy (non-hydrogen) atoms. The van der Waals surface area contributed by atoms with Crippen LogP contribution in [0.1, 0.15) is 30.4 Å². The molecule has 2 aromatic rings. The van der Waals surface area contributed by atoms with Crippen molar-refractivity contribution in [2.45, 2.75) is 32.1 Å². The van der Waals surface area contributed by atoms with Crippen molar-refractivity contribution in [1.82, 2.24) is 20.3 Å². The third-order valence-electron chi connectivity index (χ3n) is 5.90. The number of hydrazine groups is 1. The first-order chi connectivity index (χ1) is 12.3. The summed E-state index contributed by atoms with van der Waals surface area (Å²) in [5, 5.41) is 5.80. The molecule has 3 aliphatic rings. The summed E-state index contributed by atoms with van der Waals surface area (Å²) in [5.41, 5.74) is 8.96. The van der Waals surface area contributed by atoms with Gasteiger partial charge in [0.15, 0.2) is 0 Å². The lowest BCUT2D eigenvalue weighted by Crippen LogP contribution is -2.63. The zero-order chi connectivity index (χ0) is 16.7. The molecule has 2 saturated heterocycles. The molecule has 1 aromatic heterocycles. The maximum absolute atomic E-state index is 4.89. The number of piperidine rings is 1. The van der Waals surface area contributed by atoms with Crippen molar-refractivity contribution in [3.05, 3.63) is 41.6 Å². The van der Waals surface area contributed by atoms with E-state index in [1.165, 1.54) is 42.5 Å². The maximum Gasteiger partial charge on any atom is 0.238 e. The lowest BCUT2D eigenvalue weighted by Gasteiger charge is -2.52. The summed E-state index contributed by atoms with van der Waals surface area (Å²) >= 11 is 0. The van der Waals surface area contributed by atoms with Crippen molar-refractivity contribution in [2.24, 2.45) is 5.41 Å². The maximum atomic E-state index is 4.89. The van der Waals surface area contributed by atoms with E-state index in [4.69, 9.17) is 4.98 Å². The van der Waals surface area contributed by atoms with E-state index in [2.05, 4.69) is 45.0 Å². The normalized spacial score (nSPS) is 21.8. The number of fused-ring (bicyclic) bond motifs is 3. The molecular formula is C20H25N5. The molecule has 1 aromatic carbocycles. The number of nitrogens with one attached hydrogen (secondary N) is 2. The van der Waals surface area contributed by atoms with Gasteiger partial charge in [0.2, 0.25) is 5.95 Å². The van der Waals surface area contributed by atoms with Gasteiger partial charge < -0.3 is 5.32 Å². The molecule has 2 fully saturated rings. The molecule has 0 radical (unpaired) electrons. The molecule has 0 atom stereocenters. The van der Waals surface area contributed by atoms with E-state index < -0.39 is 0 Å². The van der Waals surface area contributed by atoms with Gasteiger partial charge in [-0.3, -0.25) is 5.43 Å². The summed E-state index contributed by atoms with van der Waals surface area (Å²) in [6, 6.07) is 8.66. The Bertz CT molecular complexity index is 773. The number of benzene rings is 1. The van der Waals surface area contributed by atoms with Crippen molar-refractivity contribution < 1.29 is 0 Å². The molecule has 5 nitrogen and oxygen atoms in total. The summed E-state index contributed by atoms with van der Waals surface area (Å²) in [7, 11) is 0. The molecule has 1 aliphatic carbocycles. The Hall–Kier alpha value is -1.98. The number of aryl methyl sites for hydroxylation is 2. The molecule has 130 valence electrons. The van der Waals surface area contributed by atoms with E-state index in [0.29, 0.717) is 5.41 Å². The van der Waals surface area contributed by atoms with Gasteiger partial charge in [0, 0.05) is 36.8 Å². The Morgan fingerprint density at radius 3 is 2.84 bits per heavy atom. The third kappa shape index (κ3) is 2.81. The standard InChI is InChI=1S/C20H25N5/c1-2-8-17-15(5-1)6-3-7-16-11-22-19(23-18(16)17)24-25-13-20(14-25)9-4-10-21-12-20/h1-2,5,8,11,21H,3-4,6-7,9-10,12-14H2,(H,22,23,24). The van der Waals surface area contributed by atoms with Crippen molar-refractivity contribution >= 4 is 5.95 Å². The Morgan fingerprint density at radius 2 is 1.96 bits per heavy atom. The highest BCUT2D eigenvalue weighted by atomic mass is 15.6. The number of anilines is 1. The van der Waals surface area contributed by atoms with Crippen LogP contribution in [-0.2, 0) is 12.8 Å². The molecule has 0 amide bonds.